The maximum atomic E-state index is 13.8. The third kappa shape index (κ3) is 5.96. The molecule has 0 aliphatic rings. The van der Waals surface area contributed by atoms with Gasteiger partial charge in [-0.3, -0.25) is 4.79 Å². The van der Waals surface area contributed by atoms with Crippen LogP contribution in [0.25, 0.3) is 0 Å². The van der Waals surface area contributed by atoms with Gasteiger partial charge in [0, 0.05) is 12.0 Å². The SMILES string of the molecule is CC(C)(CCC(=O)O)NS(=O)(=O)c1c(F)cccc1OC(F)(F)F. The lowest BCUT2D eigenvalue weighted by molar-refractivity contribution is -0.275. The highest BCUT2D eigenvalue weighted by atomic mass is 32.2. The fourth-order valence-corrected chi connectivity index (χ4v) is 3.47. The Kier molecular flexibility index (Phi) is 5.82. The first kappa shape index (κ1) is 20.2. The molecule has 0 amide bonds. The van der Waals surface area contributed by atoms with Gasteiger partial charge in [0.1, 0.15) is 5.82 Å². The monoisotopic (exact) mass is 373 g/mol. The molecule has 0 bridgehead atoms. The number of hydrogen-bond donors (Lipinski definition) is 2. The number of hydrogen-bond acceptors (Lipinski definition) is 4. The first-order valence-electron chi connectivity index (χ1n) is 6.53. The van der Waals surface area contributed by atoms with Crippen molar-refractivity contribution in [3.05, 3.63) is 24.0 Å². The van der Waals surface area contributed by atoms with Gasteiger partial charge in [0.05, 0.1) is 0 Å². The third-order valence-corrected chi connectivity index (χ3v) is 4.55. The maximum absolute atomic E-state index is 13.8. The molecule has 24 heavy (non-hydrogen) atoms. The largest absolute Gasteiger partial charge is 0.573 e. The van der Waals surface area contributed by atoms with E-state index in [1.54, 1.807) is 0 Å². The van der Waals surface area contributed by atoms with E-state index in [9.17, 15) is 30.8 Å². The molecule has 0 aliphatic heterocycles. The van der Waals surface area contributed by atoms with E-state index in [0.29, 0.717) is 12.1 Å². The van der Waals surface area contributed by atoms with Gasteiger partial charge < -0.3 is 9.84 Å². The molecule has 0 unspecified atom stereocenters. The van der Waals surface area contributed by atoms with E-state index in [0.717, 1.165) is 6.07 Å². The van der Waals surface area contributed by atoms with Crippen LogP contribution in [0, 0.1) is 5.82 Å². The summed E-state index contributed by atoms with van der Waals surface area (Å²) in [5.41, 5.74) is -1.34. The average molecular weight is 373 g/mol. The molecular weight excluding hydrogens is 358 g/mol. The van der Waals surface area contributed by atoms with Crippen LogP contribution in [-0.4, -0.2) is 31.4 Å². The third-order valence-electron chi connectivity index (χ3n) is 2.80. The van der Waals surface area contributed by atoms with Crippen LogP contribution in [0.2, 0.25) is 0 Å². The molecule has 0 radical (unpaired) electrons. The number of ether oxygens (including phenoxy) is 1. The van der Waals surface area contributed by atoms with Crippen molar-refractivity contribution in [1.82, 2.24) is 4.72 Å². The van der Waals surface area contributed by atoms with Gasteiger partial charge in [0.25, 0.3) is 0 Å². The van der Waals surface area contributed by atoms with Crippen LogP contribution < -0.4 is 9.46 Å². The van der Waals surface area contributed by atoms with Crippen molar-refractivity contribution < 1.29 is 40.6 Å². The van der Waals surface area contributed by atoms with Crippen molar-refractivity contribution in [3.63, 3.8) is 0 Å². The lowest BCUT2D eigenvalue weighted by atomic mass is 10.0. The van der Waals surface area contributed by atoms with Crippen molar-refractivity contribution in [1.29, 1.82) is 0 Å². The van der Waals surface area contributed by atoms with Crippen LogP contribution in [0.1, 0.15) is 26.7 Å². The number of rotatable bonds is 7. The number of sulfonamides is 1. The van der Waals surface area contributed by atoms with E-state index in [1.165, 1.54) is 13.8 Å². The minimum atomic E-state index is -5.21. The second kappa shape index (κ2) is 6.93. The van der Waals surface area contributed by atoms with Gasteiger partial charge in [-0.2, -0.15) is 0 Å². The van der Waals surface area contributed by atoms with Gasteiger partial charge in [-0.15, -0.1) is 13.2 Å². The molecule has 0 spiro atoms. The summed E-state index contributed by atoms with van der Waals surface area (Å²) >= 11 is 0. The van der Waals surface area contributed by atoms with E-state index in [4.69, 9.17) is 5.11 Å². The topological polar surface area (TPSA) is 92.7 Å². The minimum absolute atomic E-state index is 0.161. The van der Waals surface area contributed by atoms with E-state index in [2.05, 4.69) is 4.74 Å². The second-order valence-electron chi connectivity index (χ2n) is 5.50. The van der Waals surface area contributed by atoms with E-state index >= 15 is 0 Å². The molecule has 6 nitrogen and oxygen atoms in total. The summed E-state index contributed by atoms with van der Waals surface area (Å²) in [4.78, 5) is 9.26. The fourth-order valence-electron chi connectivity index (χ4n) is 1.84. The molecule has 0 fully saturated rings. The molecule has 0 aromatic heterocycles. The molecule has 1 aromatic carbocycles. The predicted octanol–water partition coefficient (Wildman–Crippen LogP) is 2.65. The Morgan fingerprint density at radius 2 is 1.88 bits per heavy atom. The van der Waals surface area contributed by atoms with Crippen molar-refractivity contribution in [3.8, 4) is 5.75 Å². The zero-order valence-electron chi connectivity index (χ0n) is 12.6. The Bertz CT molecular complexity index is 716. The van der Waals surface area contributed by atoms with E-state index < -0.39 is 50.8 Å². The van der Waals surface area contributed by atoms with Crippen LogP contribution in [0.3, 0.4) is 0 Å². The lowest BCUT2D eigenvalue weighted by Gasteiger charge is -2.26. The highest BCUT2D eigenvalue weighted by Gasteiger charge is 2.37. The van der Waals surface area contributed by atoms with Crippen molar-refractivity contribution in [2.75, 3.05) is 0 Å². The number of nitrogens with one attached hydrogen (secondary N) is 1. The van der Waals surface area contributed by atoms with Crippen LogP contribution in [-0.2, 0) is 14.8 Å². The normalized spacial score (nSPS) is 12.9. The Balaban J connectivity index is 3.21. The summed E-state index contributed by atoms with van der Waals surface area (Å²) in [6.45, 7) is 2.64. The smallest absolute Gasteiger partial charge is 0.481 e. The first-order valence-corrected chi connectivity index (χ1v) is 8.02. The fraction of sp³-hybridized carbons (Fsp3) is 0.462. The number of carboxylic acids is 1. The Morgan fingerprint density at radius 3 is 2.38 bits per heavy atom. The second-order valence-corrected chi connectivity index (χ2v) is 7.12. The van der Waals surface area contributed by atoms with Gasteiger partial charge in [-0.25, -0.2) is 17.5 Å². The van der Waals surface area contributed by atoms with Gasteiger partial charge in [-0.1, -0.05) is 6.07 Å². The van der Waals surface area contributed by atoms with Gasteiger partial charge in [0.15, 0.2) is 10.6 Å². The standard InChI is InChI=1S/C13H15F4NO5S/c1-12(2,7-6-10(19)20)18-24(21,22)11-8(14)4-3-5-9(11)23-13(15,16)17/h3-5,18H,6-7H2,1-2H3,(H,19,20). The highest BCUT2D eigenvalue weighted by Crippen LogP contribution is 2.32. The van der Waals surface area contributed by atoms with Gasteiger partial charge in [0.2, 0.25) is 10.0 Å². The molecule has 2 N–H and O–H groups in total. The average Bonchev–Trinajstić information content (AvgIpc) is 2.32. The summed E-state index contributed by atoms with van der Waals surface area (Å²) in [6.07, 6.45) is -5.76. The molecule has 136 valence electrons. The van der Waals surface area contributed by atoms with Crippen molar-refractivity contribution in [2.24, 2.45) is 0 Å². The summed E-state index contributed by atoms with van der Waals surface area (Å²) in [5, 5.41) is 8.63. The molecule has 0 saturated heterocycles. The van der Waals surface area contributed by atoms with Crippen LogP contribution >= 0.6 is 0 Å². The Hall–Kier alpha value is -1.88. The van der Waals surface area contributed by atoms with Crippen molar-refractivity contribution in [2.45, 2.75) is 43.5 Å². The number of benzene rings is 1. The number of alkyl halides is 3. The maximum Gasteiger partial charge on any atom is 0.573 e. The molecule has 1 aromatic rings. The zero-order valence-corrected chi connectivity index (χ0v) is 13.5. The summed E-state index contributed by atoms with van der Waals surface area (Å²) in [6, 6.07) is 2.20. The summed E-state index contributed by atoms with van der Waals surface area (Å²) in [7, 11) is -4.74. The lowest BCUT2D eigenvalue weighted by Crippen LogP contribution is -2.44. The molecular formula is C13H15F4NO5S. The van der Waals surface area contributed by atoms with Crippen LogP contribution in [0.15, 0.2) is 23.1 Å². The summed E-state index contributed by atoms with van der Waals surface area (Å²) in [5.74, 6) is -3.84. The predicted molar refractivity (Wildman–Crippen MR) is 74.4 cm³/mol. The molecule has 0 saturated carbocycles. The quantitative estimate of drug-likeness (QED) is 0.717. The molecule has 1 rings (SSSR count). The highest BCUT2D eigenvalue weighted by molar-refractivity contribution is 7.89. The van der Waals surface area contributed by atoms with Crippen LogP contribution in [0.4, 0.5) is 17.6 Å². The minimum Gasteiger partial charge on any atom is -0.481 e. The number of aliphatic carboxylic acids is 1. The van der Waals surface area contributed by atoms with E-state index in [-0.39, 0.29) is 6.42 Å². The summed E-state index contributed by atoms with van der Waals surface area (Å²) < 4.78 is 81.0. The van der Waals surface area contributed by atoms with Gasteiger partial charge in [-0.05, 0) is 32.4 Å². The Labute approximate surface area is 135 Å². The number of carboxylic acid groups (broad SMARTS) is 1. The number of halogens is 4. The molecule has 11 heteroatoms. The molecule has 0 heterocycles. The first-order chi connectivity index (χ1) is 10.7. The van der Waals surface area contributed by atoms with E-state index in [1.807, 2.05) is 4.72 Å². The Morgan fingerprint density at radius 1 is 1.29 bits per heavy atom. The zero-order chi connectivity index (χ0) is 18.8. The van der Waals surface area contributed by atoms with Gasteiger partial charge >= 0.3 is 12.3 Å². The molecule has 0 atom stereocenters. The molecule has 0 aliphatic carbocycles. The number of carbonyl (C=O) groups is 1. The van der Waals surface area contributed by atoms with Crippen LogP contribution in [0.5, 0.6) is 5.75 Å². The van der Waals surface area contributed by atoms with Crippen molar-refractivity contribution >= 4 is 16.0 Å².